The molecular formula is C19H28IN3O2S. The second kappa shape index (κ2) is 11.5. The fraction of sp³-hybridized carbons (Fsp3) is 0.421. The van der Waals surface area contributed by atoms with Gasteiger partial charge >= 0.3 is 0 Å². The van der Waals surface area contributed by atoms with Crippen LogP contribution in [-0.2, 0) is 23.5 Å². The number of guanidine groups is 1. The zero-order valence-electron chi connectivity index (χ0n) is 15.5. The van der Waals surface area contributed by atoms with Crippen molar-refractivity contribution >= 4 is 41.3 Å². The fourth-order valence-electron chi connectivity index (χ4n) is 2.35. The lowest BCUT2D eigenvalue weighted by atomic mass is 10.1. The highest BCUT2D eigenvalue weighted by Gasteiger charge is 2.24. The van der Waals surface area contributed by atoms with E-state index in [9.17, 15) is 5.11 Å². The topological polar surface area (TPSA) is 65.9 Å². The third-order valence-electron chi connectivity index (χ3n) is 3.75. The van der Waals surface area contributed by atoms with Crippen molar-refractivity contribution in [3.63, 3.8) is 0 Å². The van der Waals surface area contributed by atoms with Crippen LogP contribution in [0.2, 0.25) is 0 Å². The first kappa shape index (κ1) is 22.9. The maximum atomic E-state index is 10.6. The van der Waals surface area contributed by atoms with Crippen molar-refractivity contribution < 1.29 is 9.84 Å². The number of benzene rings is 1. The van der Waals surface area contributed by atoms with Gasteiger partial charge in [-0.25, -0.2) is 4.99 Å². The predicted octanol–water partition coefficient (Wildman–Crippen LogP) is 3.48. The third-order valence-corrected chi connectivity index (χ3v) is 4.87. The number of hydrogen-bond donors (Lipinski definition) is 3. The van der Waals surface area contributed by atoms with Crippen LogP contribution in [0, 0.1) is 0 Å². The first-order valence-electron chi connectivity index (χ1n) is 8.40. The van der Waals surface area contributed by atoms with Gasteiger partial charge < -0.3 is 20.5 Å². The largest absolute Gasteiger partial charge is 0.383 e. The summed E-state index contributed by atoms with van der Waals surface area (Å²) in [5, 5.41) is 19.0. The molecule has 26 heavy (non-hydrogen) atoms. The normalized spacial score (nSPS) is 13.6. The van der Waals surface area contributed by atoms with Crippen LogP contribution in [-0.4, -0.2) is 31.3 Å². The van der Waals surface area contributed by atoms with E-state index in [4.69, 9.17) is 4.74 Å². The molecule has 1 aromatic heterocycles. The second-order valence-electron chi connectivity index (χ2n) is 6.05. The van der Waals surface area contributed by atoms with Gasteiger partial charge in [-0.1, -0.05) is 30.3 Å². The van der Waals surface area contributed by atoms with E-state index in [-0.39, 0.29) is 24.0 Å². The average Bonchev–Trinajstić information content (AvgIpc) is 3.14. The smallest absolute Gasteiger partial charge is 0.191 e. The Bertz CT molecular complexity index is 658. The van der Waals surface area contributed by atoms with E-state index in [0.717, 1.165) is 22.5 Å². The summed E-state index contributed by atoms with van der Waals surface area (Å²) in [7, 11) is 1.69. The van der Waals surface area contributed by atoms with E-state index in [2.05, 4.69) is 39.9 Å². The van der Waals surface area contributed by atoms with Crippen molar-refractivity contribution in [1.29, 1.82) is 0 Å². The lowest BCUT2D eigenvalue weighted by Gasteiger charge is -2.23. The minimum absolute atomic E-state index is 0. The van der Waals surface area contributed by atoms with Crippen molar-refractivity contribution in [3.8, 4) is 0 Å². The minimum atomic E-state index is -0.924. The lowest BCUT2D eigenvalue weighted by molar-refractivity contribution is 0.0655. The number of methoxy groups -OCH3 is 1. The Morgan fingerprint density at radius 2 is 1.88 bits per heavy atom. The van der Waals surface area contributed by atoms with Crippen LogP contribution in [0.1, 0.15) is 29.9 Å². The van der Waals surface area contributed by atoms with Gasteiger partial charge in [0.1, 0.15) is 5.60 Å². The Morgan fingerprint density at radius 1 is 1.19 bits per heavy atom. The molecule has 1 unspecified atom stereocenters. The number of thiophene rings is 1. The van der Waals surface area contributed by atoms with Crippen molar-refractivity contribution in [2.45, 2.75) is 32.6 Å². The molecule has 7 heteroatoms. The van der Waals surface area contributed by atoms with Crippen LogP contribution in [0.3, 0.4) is 0 Å². The molecule has 2 aromatic rings. The van der Waals surface area contributed by atoms with E-state index in [0.29, 0.717) is 25.7 Å². The van der Waals surface area contributed by atoms with E-state index >= 15 is 0 Å². The number of aliphatic hydroxyl groups is 1. The lowest BCUT2D eigenvalue weighted by Crippen LogP contribution is -2.44. The van der Waals surface area contributed by atoms with Crippen LogP contribution in [0.5, 0.6) is 0 Å². The maximum Gasteiger partial charge on any atom is 0.191 e. The third kappa shape index (κ3) is 7.22. The van der Waals surface area contributed by atoms with Gasteiger partial charge in [-0.2, -0.15) is 0 Å². The molecule has 0 radical (unpaired) electrons. The quantitative estimate of drug-likeness (QED) is 0.302. The Hall–Kier alpha value is -1.16. The number of aliphatic imine (C=N–C) groups is 1. The van der Waals surface area contributed by atoms with Gasteiger partial charge in [0.25, 0.3) is 0 Å². The SMILES string of the molecule is CCNC(=NCc1ccc(COC)cc1)NCC(C)(O)c1cccs1.I. The van der Waals surface area contributed by atoms with E-state index in [1.54, 1.807) is 18.4 Å². The number of nitrogens with zero attached hydrogens (tertiary/aromatic N) is 1. The molecule has 0 aliphatic heterocycles. The molecule has 1 atom stereocenters. The minimum Gasteiger partial charge on any atom is -0.383 e. The van der Waals surface area contributed by atoms with Crippen LogP contribution in [0.25, 0.3) is 0 Å². The molecule has 144 valence electrons. The summed E-state index contributed by atoms with van der Waals surface area (Å²) in [6, 6.07) is 12.1. The molecule has 1 heterocycles. The maximum absolute atomic E-state index is 10.6. The summed E-state index contributed by atoms with van der Waals surface area (Å²) in [6.45, 7) is 6.18. The van der Waals surface area contributed by atoms with Crippen LogP contribution >= 0.6 is 35.3 Å². The van der Waals surface area contributed by atoms with Gasteiger partial charge in [-0.15, -0.1) is 35.3 Å². The summed E-state index contributed by atoms with van der Waals surface area (Å²) < 4.78 is 5.12. The monoisotopic (exact) mass is 489 g/mol. The van der Waals surface area contributed by atoms with Gasteiger partial charge in [-0.05, 0) is 36.4 Å². The van der Waals surface area contributed by atoms with Gasteiger partial charge in [0.05, 0.1) is 19.7 Å². The molecule has 0 spiro atoms. The molecule has 0 amide bonds. The van der Waals surface area contributed by atoms with Gasteiger partial charge in [0, 0.05) is 18.5 Å². The second-order valence-corrected chi connectivity index (χ2v) is 7.00. The number of hydrogen-bond acceptors (Lipinski definition) is 4. The van der Waals surface area contributed by atoms with Gasteiger partial charge in [-0.3, -0.25) is 0 Å². The number of nitrogens with one attached hydrogen (secondary N) is 2. The first-order chi connectivity index (χ1) is 12.0. The zero-order chi connectivity index (χ0) is 18.1. The molecule has 5 nitrogen and oxygen atoms in total. The van der Waals surface area contributed by atoms with E-state index in [1.807, 2.05) is 31.4 Å². The molecule has 0 aliphatic carbocycles. The molecule has 2 rings (SSSR count). The summed E-state index contributed by atoms with van der Waals surface area (Å²) >= 11 is 1.55. The van der Waals surface area contributed by atoms with Gasteiger partial charge in [0.2, 0.25) is 0 Å². The first-order valence-corrected chi connectivity index (χ1v) is 9.28. The highest BCUT2D eigenvalue weighted by Crippen LogP contribution is 2.24. The van der Waals surface area contributed by atoms with Crippen molar-refractivity contribution in [3.05, 3.63) is 57.8 Å². The molecule has 3 N–H and O–H groups in total. The van der Waals surface area contributed by atoms with Crippen LogP contribution < -0.4 is 10.6 Å². The van der Waals surface area contributed by atoms with Gasteiger partial charge in [0.15, 0.2) is 5.96 Å². The van der Waals surface area contributed by atoms with E-state index < -0.39 is 5.60 Å². The molecule has 0 saturated carbocycles. The molecule has 0 aliphatic rings. The molecule has 0 saturated heterocycles. The van der Waals surface area contributed by atoms with Crippen LogP contribution in [0.15, 0.2) is 46.8 Å². The Balaban J connectivity index is 0.00000338. The summed E-state index contributed by atoms with van der Waals surface area (Å²) in [5.74, 6) is 0.695. The molecule has 0 bridgehead atoms. The van der Waals surface area contributed by atoms with Crippen molar-refractivity contribution in [2.75, 3.05) is 20.2 Å². The summed E-state index contributed by atoms with van der Waals surface area (Å²) in [4.78, 5) is 5.53. The molecular weight excluding hydrogens is 461 g/mol. The fourth-order valence-corrected chi connectivity index (χ4v) is 3.13. The average molecular weight is 489 g/mol. The van der Waals surface area contributed by atoms with E-state index in [1.165, 1.54) is 0 Å². The van der Waals surface area contributed by atoms with Crippen molar-refractivity contribution in [1.82, 2.24) is 10.6 Å². The number of rotatable bonds is 8. The highest BCUT2D eigenvalue weighted by atomic mass is 127. The van der Waals surface area contributed by atoms with Crippen LogP contribution in [0.4, 0.5) is 0 Å². The standard InChI is InChI=1S/C19H27N3O2S.HI/c1-4-20-18(22-14-19(2,23)17-6-5-11-25-17)21-12-15-7-9-16(10-8-15)13-24-3;/h5-11,23H,4,12-14H2,1-3H3,(H2,20,21,22);1H. The number of ether oxygens (including phenoxy) is 1. The van der Waals surface area contributed by atoms with Crippen molar-refractivity contribution in [2.24, 2.45) is 4.99 Å². The summed E-state index contributed by atoms with van der Waals surface area (Å²) in [6.07, 6.45) is 0. The Labute approximate surface area is 176 Å². The summed E-state index contributed by atoms with van der Waals surface area (Å²) in [5.41, 5.74) is 1.35. The molecule has 0 fully saturated rings. The highest BCUT2D eigenvalue weighted by molar-refractivity contribution is 14.0. The molecule has 1 aromatic carbocycles. The number of halogens is 1. The zero-order valence-corrected chi connectivity index (χ0v) is 18.6. The predicted molar refractivity (Wildman–Crippen MR) is 119 cm³/mol. The Morgan fingerprint density at radius 3 is 2.46 bits per heavy atom. The Kier molecular flexibility index (Phi) is 10.1.